The lowest BCUT2D eigenvalue weighted by atomic mass is 10.2. The molecule has 1 aromatic heterocycles. The Kier molecular flexibility index (Phi) is 6.39. The number of hydrogen-bond donors (Lipinski definition) is 0. The summed E-state index contributed by atoms with van der Waals surface area (Å²) in [5.74, 6) is 2.84. The van der Waals surface area contributed by atoms with Gasteiger partial charge in [-0.05, 0) is 25.8 Å². The maximum Gasteiger partial charge on any atom is 0.134 e. The molecule has 2 rings (SSSR count). The summed E-state index contributed by atoms with van der Waals surface area (Å²) in [5.41, 5.74) is 1.30. The lowest BCUT2D eigenvalue weighted by Crippen LogP contribution is -2.25. The van der Waals surface area contributed by atoms with Crippen molar-refractivity contribution in [3.8, 4) is 0 Å². The SMILES string of the molecule is CCCCN(C)c1cc(N(CC)Cc2ccccc2)nc(C)n1. The van der Waals surface area contributed by atoms with Crippen molar-refractivity contribution in [3.05, 3.63) is 47.8 Å². The first-order valence-corrected chi connectivity index (χ1v) is 8.49. The van der Waals surface area contributed by atoms with E-state index in [1.807, 2.05) is 6.92 Å². The van der Waals surface area contributed by atoms with Gasteiger partial charge in [-0.1, -0.05) is 43.7 Å². The van der Waals surface area contributed by atoms with Gasteiger partial charge in [0.25, 0.3) is 0 Å². The lowest BCUT2D eigenvalue weighted by Gasteiger charge is -2.25. The van der Waals surface area contributed by atoms with Gasteiger partial charge in [0.15, 0.2) is 0 Å². The third-order valence-electron chi connectivity index (χ3n) is 3.97. The summed E-state index contributed by atoms with van der Waals surface area (Å²) in [6.07, 6.45) is 2.37. The minimum Gasteiger partial charge on any atom is -0.360 e. The number of hydrogen-bond acceptors (Lipinski definition) is 4. The Morgan fingerprint density at radius 1 is 1.00 bits per heavy atom. The zero-order valence-corrected chi connectivity index (χ0v) is 14.8. The number of aryl methyl sites for hydroxylation is 1. The molecule has 0 aliphatic heterocycles. The molecule has 0 N–H and O–H groups in total. The third kappa shape index (κ3) is 4.95. The summed E-state index contributed by atoms with van der Waals surface area (Å²) in [4.78, 5) is 13.8. The molecule has 0 spiro atoms. The van der Waals surface area contributed by atoms with Crippen LogP contribution in [0.25, 0.3) is 0 Å². The second-order valence-corrected chi connectivity index (χ2v) is 5.91. The predicted octanol–water partition coefficient (Wildman–Crippen LogP) is 4.05. The van der Waals surface area contributed by atoms with E-state index in [0.29, 0.717) is 0 Å². The van der Waals surface area contributed by atoms with Gasteiger partial charge in [0.05, 0.1) is 0 Å². The van der Waals surface area contributed by atoms with Gasteiger partial charge in [-0.2, -0.15) is 0 Å². The highest BCUT2D eigenvalue weighted by Gasteiger charge is 2.12. The van der Waals surface area contributed by atoms with E-state index >= 15 is 0 Å². The number of anilines is 2. The molecule has 124 valence electrons. The Labute approximate surface area is 140 Å². The normalized spacial score (nSPS) is 10.6. The van der Waals surface area contributed by atoms with Crippen molar-refractivity contribution < 1.29 is 0 Å². The fourth-order valence-corrected chi connectivity index (χ4v) is 2.56. The zero-order chi connectivity index (χ0) is 16.7. The molecule has 0 saturated heterocycles. The van der Waals surface area contributed by atoms with Gasteiger partial charge in [-0.25, -0.2) is 9.97 Å². The summed E-state index contributed by atoms with van der Waals surface area (Å²) in [7, 11) is 2.11. The van der Waals surface area contributed by atoms with Gasteiger partial charge < -0.3 is 9.80 Å². The Bertz CT molecular complexity index is 598. The zero-order valence-electron chi connectivity index (χ0n) is 14.8. The van der Waals surface area contributed by atoms with Crippen molar-refractivity contribution in [2.75, 3.05) is 29.9 Å². The second kappa shape index (κ2) is 8.51. The van der Waals surface area contributed by atoms with Crippen LogP contribution in [0.15, 0.2) is 36.4 Å². The molecule has 1 aromatic carbocycles. The maximum atomic E-state index is 4.65. The van der Waals surface area contributed by atoms with Gasteiger partial charge in [0.1, 0.15) is 17.5 Å². The van der Waals surface area contributed by atoms with Crippen LogP contribution in [0.5, 0.6) is 0 Å². The third-order valence-corrected chi connectivity index (χ3v) is 3.97. The van der Waals surface area contributed by atoms with Crippen LogP contribution in [-0.2, 0) is 6.54 Å². The quantitative estimate of drug-likeness (QED) is 0.736. The summed E-state index contributed by atoms with van der Waals surface area (Å²) >= 11 is 0. The molecule has 0 radical (unpaired) electrons. The molecule has 4 nitrogen and oxygen atoms in total. The second-order valence-electron chi connectivity index (χ2n) is 5.91. The minimum absolute atomic E-state index is 0.826. The molecule has 0 bridgehead atoms. The number of unbranched alkanes of at least 4 members (excludes halogenated alkanes) is 1. The van der Waals surface area contributed by atoms with Crippen LogP contribution < -0.4 is 9.80 Å². The molecule has 0 unspecified atom stereocenters. The molecule has 23 heavy (non-hydrogen) atoms. The smallest absolute Gasteiger partial charge is 0.134 e. The molecule has 0 aliphatic rings. The van der Waals surface area contributed by atoms with Crippen molar-refractivity contribution in [2.45, 2.75) is 40.2 Å². The molecule has 2 aromatic rings. The predicted molar refractivity (Wildman–Crippen MR) is 98.1 cm³/mol. The average molecular weight is 312 g/mol. The Morgan fingerprint density at radius 2 is 1.70 bits per heavy atom. The van der Waals surface area contributed by atoms with Crippen LogP contribution in [0, 0.1) is 6.92 Å². The molecule has 0 aliphatic carbocycles. The van der Waals surface area contributed by atoms with E-state index in [0.717, 1.165) is 37.1 Å². The van der Waals surface area contributed by atoms with Gasteiger partial charge in [-0.15, -0.1) is 0 Å². The van der Waals surface area contributed by atoms with Crippen LogP contribution in [0.1, 0.15) is 38.1 Å². The van der Waals surface area contributed by atoms with E-state index in [1.165, 1.54) is 18.4 Å². The highest BCUT2D eigenvalue weighted by atomic mass is 15.2. The molecule has 1 heterocycles. The molecular weight excluding hydrogens is 284 g/mol. The number of rotatable bonds is 8. The number of nitrogens with zero attached hydrogens (tertiary/aromatic N) is 4. The van der Waals surface area contributed by atoms with Crippen molar-refractivity contribution in [1.29, 1.82) is 0 Å². The summed E-state index contributed by atoms with van der Waals surface area (Å²) in [5, 5.41) is 0. The van der Waals surface area contributed by atoms with Crippen LogP contribution in [0.4, 0.5) is 11.6 Å². The van der Waals surface area contributed by atoms with Crippen molar-refractivity contribution >= 4 is 11.6 Å². The van der Waals surface area contributed by atoms with E-state index in [4.69, 9.17) is 0 Å². The van der Waals surface area contributed by atoms with E-state index in [1.54, 1.807) is 0 Å². The van der Waals surface area contributed by atoms with E-state index in [-0.39, 0.29) is 0 Å². The maximum absolute atomic E-state index is 4.65. The standard InChI is InChI=1S/C19H28N4/c1-5-7-13-22(4)18-14-19(21-16(3)20-18)23(6-2)15-17-11-9-8-10-12-17/h8-12,14H,5-7,13,15H2,1-4H3. The highest BCUT2D eigenvalue weighted by molar-refractivity contribution is 5.51. The lowest BCUT2D eigenvalue weighted by molar-refractivity contribution is 0.751. The van der Waals surface area contributed by atoms with Gasteiger partial charge in [0, 0.05) is 32.7 Å². The first kappa shape index (κ1) is 17.3. The van der Waals surface area contributed by atoms with Crippen LogP contribution in [-0.4, -0.2) is 30.1 Å². The average Bonchev–Trinajstić information content (AvgIpc) is 2.57. The molecule has 0 amide bonds. The fourth-order valence-electron chi connectivity index (χ4n) is 2.56. The highest BCUT2D eigenvalue weighted by Crippen LogP contribution is 2.20. The molecule has 4 heteroatoms. The summed E-state index contributed by atoms with van der Waals surface area (Å²) in [6.45, 7) is 9.16. The Hall–Kier alpha value is -2.10. The summed E-state index contributed by atoms with van der Waals surface area (Å²) < 4.78 is 0. The van der Waals surface area contributed by atoms with Gasteiger partial charge in [-0.3, -0.25) is 0 Å². The fraction of sp³-hybridized carbons (Fsp3) is 0.474. The largest absolute Gasteiger partial charge is 0.360 e. The molecule has 0 fully saturated rings. The minimum atomic E-state index is 0.826. The van der Waals surface area contributed by atoms with E-state index < -0.39 is 0 Å². The summed E-state index contributed by atoms with van der Waals surface area (Å²) in [6, 6.07) is 12.6. The van der Waals surface area contributed by atoms with Crippen LogP contribution in [0.3, 0.4) is 0 Å². The Balaban J connectivity index is 2.20. The monoisotopic (exact) mass is 312 g/mol. The van der Waals surface area contributed by atoms with Gasteiger partial charge in [0.2, 0.25) is 0 Å². The van der Waals surface area contributed by atoms with Gasteiger partial charge >= 0.3 is 0 Å². The van der Waals surface area contributed by atoms with Crippen LogP contribution in [0.2, 0.25) is 0 Å². The first-order chi connectivity index (χ1) is 11.1. The van der Waals surface area contributed by atoms with Crippen molar-refractivity contribution in [2.24, 2.45) is 0 Å². The molecule has 0 atom stereocenters. The van der Waals surface area contributed by atoms with E-state index in [2.05, 4.69) is 77.1 Å². The van der Waals surface area contributed by atoms with Crippen LogP contribution >= 0.6 is 0 Å². The van der Waals surface area contributed by atoms with E-state index in [9.17, 15) is 0 Å². The number of aromatic nitrogens is 2. The topological polar surface area (TPSA) is 32.3 Å². The van der Waals surface area contributed by atoms with Crippen molar-refractivity contribution in [1.82, 2.24) is 9.97 Å². The first-order valence-electron chi connectivity index (χ1n) is 8.49. The Morgan fingerprint density at radius 3 is 2.35 bits per heavy atom. The molecule has 0 saturated carbocycles. The molecular formula is C19H28N4. The van der Waals surface area contributed by atoms with Crippen molar-refractivity contribution in [3.63, 3.8) is 0 Å². The number of benzene rings is 1.